The van der Waals surface area contributed by atoms with E-state index in [1.807, 2.05) is 0 Å². The summed E-state index contributed by atoms with van der Waals surface area (Å²) >= 11 is 6.28. The van der Waals surface area contributed by atoms with Gasteiger partial charge in [-0.05, 0) is 50.9 Å². The minimum absolute atomic E-state index is 0.577. The van der Waals surface area contributed by atoms with Gasteiger partial charge >= 0.3 is 0 Å². The Kier molecular flexibility index (Phi) is 3.72. The zero-order valence-electron chi connectivity index (χ0n) is 11.9. The molecule has 2 nitrogen and oxygen atoms in total. The molecule has 2 fully saturated rings. The Labute approximate surface area is 121 Å². The highest BCUT2D eigenvalue weighted by Gasteiger charge is 2.32. The predicted molar refractivity (Wildman–Crippen MR) is 82.2 cm³/mol. The van der Waals surface area contributed by atoms with Crippen molar-refractivity contribution in [2.75, 3.05) is 24.5 Å². The number of piperazine rings is 1. The van der Waals surface area contributed by atoms with E-state index in [1.54, 1.807) is 0 Å². The SMILES string of the molecule is Cc1ccc(N2CC3CCCCN3CC2C)cc1Cl. The molecule has 3 rings (SSSR count). The third-order valence-corrected chi connectivity index (χ3v) is 5.08. The fraction of sp³-hybridized carbons (Fsp3) is 0.625. The van der Waals surface area contributed by atoms with Gasteiger partial charge in [0.15, 0.2) is 0 Å². The number of hydrogen-bond acceptors (Lipinski definition) is 2. The van der Waals surface area contributed by atoms with Crippen molar-refractivity contribution in [2.45, 2.75) is 45.2 Å². The number of rotatable bonds is 1. The van der Waals surface area contributed by atoms with Gasteiger partial charge in [-0.2, -0.15) is 0 Å². The Morgan fingerprint density at radius 1 is 1.21 bits per heavy atom. The molecule has 2 saturated heterocycles. The lowest BCUT2D eigenvalue weighted by atomic mass is 9.96. The first-order valence-corrected chi connectivity index (χ1v) is 7.80. The first-order chi connectivity index (χ1) is 9.15. The van der Waals surface area contributed by atoms with E-state index in [2.05, 4.69) is 41.8 Å². The average Bonchev–Trinajstić information content (AvgIpc) is 2.41. The molecule has 2 aliphatic rings. The van der Waals surface area contributed by atoms with Gasteiger partial charge in [-0.15, -0.1) is 0 Å². The van der Waals surface area contributed by atoms with E-state index in [-0.39, 0.29) is 0 Å². The minimum atomic E-state index is 0.577. The number of fused-ring (bicyclic) bond motifs is 1. The second kappa shape index (κ2) is 5.34. The van der Waals surface area contributed by atoms with Crippen molar-refractivity contribution in [2.24, 2.45) is 0 Å². The smallest absolute Gasteiger partial charge is 0.0455 e. The molecule has 0 aromatic heterocycles. The zero-order chi connectivity index (χ0) is 13.4. The molecule has 0 N–H and O–H groups in total. The van der Waals surface area contributed by atoms with Gasteiger partial charge in [-0.25, -0.2) is 0 Å². The van der Waals surface area contributed by atoms with Crippen LogP contribution in [0.3, 0.4) is 0 Å². The van der Waals surface area contributed by atoms with Crippen LogP contribution in [0.1, 0.15) is 31.7 Å². The van der Waals surface area contributed by atoms with E-state index in [0.29, 0.717) is 6.04 Å². The lowest BCUT2D eigenvalue weighted by molar-refractivity contribution is 0.115. The van der Waals surface area contributed by atoms with Crippen LogP contribution in [0, 0.1) is 6.92 Å². The van der Waals surface area contributed by atoms with Gasteiger partial charge in [0.25, 0.3) is 0 Å². The lowest BCUT2D eigenvalue weighted by Gasteiger charge is -2.48. The first kappa shape index (κ1) is 13.3. The monoisotopic (exact) mass is 278 g/mol. The number of nitrogens with zero attached hydrogens (tertiary/aromatic N) is 2. The van der Waals surface area contributed by atoms with Crippen molar-refractivity contribution in [1.82, 2.24) is 4.90 Å². The number of anilines is 1. The van der Waals surface area contributed by atoms with Crippen molar-refractivity contribution in [3.63, 3.8) is 0 Å². The molecule has 2 atom stereocenters. The molecule has 0 radical (unpaired) electrons. The van der Waals surface area contributed by atoms with Crippen molar-refractivity contribution >= 4 is 17.3 Å². The highest BCUT2D eigenvalue weighted by Crippen LogP contribution is 2.30. The second-order valence-electron chi connectivity index (χ2n) is 6.08. The number of aryl methyl sites for hydroxylation is 1. The van der Waals surface area contributed by atoms with Crippen molar-refractivity contribution < 1.29 is 0 Å². The summed E-state index contributed by atoms with van der Waals surface area (Å²) in [5.74, 6) is 0. The maximum absolute atomic E-state index is 6.28. The predicted octanol–water partition coefficient (Wildman–Crippen LogP) is 3.71. The van der Waals surface area contributed by atoms with Crippen LogP contribution in [0.5, 0.6) is 0 Å². The zero-order valence-corrected chi connectivity index (χ0v) is 12.7. The molecule has 0 amide bonds. The van der Waals surface area contributed by atoms with Gasteiger partial charge in [0.05, 0.1) is 0 Å². The fourth-order valence-electron chi connectivity index (χ4n) is 3.47. The van der Waals surface area contributed by atoms with E-state index in [9.17, 15) is 0 Å². The number of piperidine rings is 1. The van der Waals surface area contributed by atoms with Crippen LogP contribution in [0.2, 0.25) is 5.02 Å². The number of hydrogen-bond donors (Lipinski definition) is 0. The molecule has 0 saturated carbocycles. The van der Waals surface area contributed by atoms with Crippen molar-refractivity contribution in [3.05, 3.63) is 28.8 Å². The summed E-state index contributed by atoms with van der Waals surface area (Å²) in [6.07, 6.45) is 4.11. The van der Waals surface area contributed by atoms with Crippen LogP contribution in [0.15, 0.2) is 18.2 Å². The van der Waals surface area contributed by atoms with Crippen molar-refractivity contribution in [1.29, 1.82) is 0 Å². The van der Waals surface area contributed by atoms with Gasteiger partial charge in [0, 0.05) is 35.9 Å². The number of benzene rings is 1. The summed E-state index contributed by atoms with van der Waals surface area (Å²) in [6.45, 7) is 8.03. The Morgan fingerprint density at radius 2 is 2.05 bits per heavy atom. The fourth-order valence-corrected chi connectivity index (χ4v) is 3.65. The third kappa shape index (κ3) is 2.61. The van der Waals surface area contributed by atoms with Crippen LogP contribution >= 0.6 is 11.6 Å². The molecule has 104 valence electrons. The van der Waals surface area contributed by atoms with Crippen LogP contribution in [-0.4, -0.2) is 36.6 Å². The normalized spacial score (nSPS) is 28.3. The highest BCUT2D eigenvalue weighted by molar-refractivity contribution is 6.31. The molecular weight excluding hydrogens is 256 g/mol. The third-order valence-electron chi connectivity index (χ3n) is 4.67. The average molecular weight is 279 g/mol. The summed E-state index contributed by atoms with van der Waals surface area (Å²) in [5, 5.41) is 0.885. The van der Waals surface area contributed by atoms with E-state index < -0.39 is 0 Å². The molecule has 0 spiro atoms. The maximum atomic E-state index is 6.28. The molecular formula is C16H23ClN2. The Morgan fingerprint density at radius 3 is 2.84 bits per heavy atom. The molecule has 2 aliphatic heterocycles. The summed E-state index contributed by atoms with van der Waals surface area (Å²) in [6, 6.07) is 7.80. The Balaban J connectivity index is 1.81. The first-order valence-electron chi connectivity index (χ1n) is 7.42. The largest absolute Gasteiger partial charge is 0.366 e. The van der Waals surface area contributed by atoms with Crippen molar-refractivity contribution in [3.8, 4) is 0 Å². The highest BCUT2D eigenvalue weighted by atomic mass is 35.5. The Hall–Kier alpha value is -0.730. The lowest BCUT2D eigenvalue weighted by Crippen LogP contribution is -2.58. The van der Waals surface area contributed by atoms with Crippen LogP contribution < -0.4 is 4.90 Å². The van der Waals surface area contributed by atoms with Gasteiger partial charge < -0.3 is 4.90 Å². The summed E-state index contributed by atoms with van der Waals surface area (Å²) < 4.78 is 0. The maximum Gasteiger partial charge on any atom is 0.0455 e. The molecule has 2 heterocycles. The van der Waals surface area contributed by atoms with Gasteiger partial charge in [-0.1, -0.05) is 24.1 Å². The van der Waals surface area contributed by atoms with Gasteiger partial charge in [0.1, 0.15) is 0 Å². The Bertz CT molecular complexity index is 460. The number of halogens is 1. The van der Waals surface area contributed by atoms with E-state index in [4.69, 9.17) is 11.6 Å². The van der Waals surface area contributed by atoms with Gasteiger partial charge in [-0.3, -0.25) is 4.90 Å². The van der Waals surface area contributed by atoms with E-state index in [0.717, 1.165) is 23.2 Å². The molecule has 3 heteroatoms. The molecule has 1 aromatic carbocycles. The standard InChI is InChI=1S/C16H23ClN2/c1-12-6-7-14(9-16(12)17)19-11-15-5-3-4-8-18(15)10-13(19)2/h6-7,9,13,15H,3-5,8,10-11H2,1-2H3. The summed E-state index contributed by atoms with van der Waals surface area (Å²) in [4.78, 5) is 5.22. The van der Waals surface area contributed by atoms with Crippen LogP contribution in [0.4, 0.5) is 5.69 Å². The molecule has 1 aromatic rings. The topological polar surface area (TPSA) is 6.48 Å². The second-order valence-corrected chi connectivity index (χ2v) is 6.49. The molecule has 0 bridgehead atoms. The minimum Gasteiger partial charge on any atom is -0.366 e. The molecule has 19 heavy (non-hydrogen) atoms. The van der Waals surface area contributed by atoms with Gasteiger partial charge in [0.2, 0.25) is 0 Å². The van der Waals surface area contributed by atoms with Crippen LogP contribution in [-0.2, 0) is 0 Å². The summed E-state index contributed by atoms with van der Waals surface area (Å²) in [5.41, 5.74) is 2.45. The molecule has 0 aliphatic carbocycles. The van der Waals surface area contributed by atoms with E-state index >= 15 is 0 Å². The summed E-state index contributed by atoms with van der Waals surface area (Å²) in [7, 11) is 0. The quantitative estimate of drug-likeness (QED) is 0.773. The van der Waals surface area contributed by atoms with E-state index in [1.165, 1.54) is 38.0 Å². The molecule has 2 unspecified atom stereocenters. The van der Waals surface area contributed by atoms with Crippen LogP contribution in [0.25, 0.3) is 0 Å².